The number of methoxy groups -OCH3 is 1. The number of carbonyl (C=O) groups is 2. The maximum atomic E-state index is 13.2. The normalized spacial score (nSPS) is 17.3. The van der Waals surface area contributed by atoms with Gasteiger partial charge in [0.15, 0.2) is 0 Å². The standard InChI is InChI=1S/C28H36N2O5/c1-5-6-7-18-35-22-14-12-20(13-15-22)26(31)24-25(21-10-8-11-23(19-21)34-4)30(28(33)27(24)32)17-9-16-29(2)3/h8,10-15,19,25,31H,5-7,9,16-18H2,1-4H3/b26-24-. The molecule has 1 fully saturated rings. The van der Waals surface area contributed by atoms with Crippen LogP contribution in [-0.2, 0) is 9.59 Å². The molecule has 1 unspecified atom stereocenters. The number of hydrogen-bond acceptors (Lipinski definition) is 6. The van der Waals surface area contributed by atoms with Crippen LogP contribution in [0.3, 0.4) is 0 Å². The second-order valence-corrected chi connectivity index (χ2v) is 9.01. The van der Waals surface area contributed by atoms with Gasteiger partial charge in [0.2, 0.25) is 0 Å². The number of ether oxygens (including phenoxy) is 2. The van der Waals surface area contributed by atoms with Gasteiger partial charge in [0, 0.05) is 12.1 Å². The number of ketones is 1. The van der Waals surface area contributed by atoms with Gasteiger partial charge in [-0.05, 0) is 75.4 Å². The zero-order valence-corrected chi connectivity index (χ0v) is 21.1. The molecule has 1 heterocycles. The van der Waals surface area contributed by atoms with Gasteiger partial charge in [0.25, 0.3) is 11.7 Å². The zero-order valence-electron chi connectivity index (χ0n) is 21.1. The summed E-state index contributed by atoms with van der Waals surface area (Å²) in [7, 11) is 5.49. The third-order valence-corrected chi connectivity index (χ3v) is 6.10. The summed E-state index contributed by atoms with van der Waals surface area (Å²) in [6.45, 7) is 3.94. The van der Waals surface area contributed by atoms with Crippen LogP contribution in [0.25, 0.3) is 5.76 Å². The van der Waals surface area contributed by atoms with Gasteiger partial charge in [-0.1, -0.05) is 31.9 Å². The first-order valence-corrected chi connectivity index (χ1v) is 12.2. The van der Waals surface area contributed by atoms with Gasteiger partial charge in [0.05, 0.1) is 25.3 Å². The van der Waals surface area contributed by atoms with E-state index in [9.17, 15) is 14.7 Å². The number of benzene rings is 2. The molecule has 0 radical (unpaired) electrons. The highest BCUT2D eigenvalue weighted by Crippen LogP contribution is 2.40. The van der Waals surface area contributed by atoms with E-state index in [-0.39, 0.29) is 11.3 Å². The number of nitrogens with zero attached hydrogens (tertiary/aromatic N) is 2. The molecule has 7 nitrogen and oxygen atoms in total. The van der Waals surface area contributed by atoms with Crippen LogP contribution in [0.15, 0.2) is 54.1 Å². The molecule has 1 aliphatic heterocycles. The number of Topliss-reactive ketones (excluding diaryl/α,β-unsaturated/α-hetero) is 1. The number of unbranched alkanes of at least 4 members (excludes halogenated alkanes) is 2. The Bertz CT molecular complexity index is 1050. The molecule has 1 saturated heterocycles. The summed E-state index contributed by atoms with van der Waals surface area (Å²) in [6, 6.07) is 13.5. The fourth-order valence-corrected chi connectivity index (χ4v) is 4.23. The Labute approximate surface area is 207 Å². The maximum Gasteiger partial charge on any atom is 0.295 e. The Balaban J connectivity index is 1.96. The zero-order chi connectivity index (χ0) is 25.4. The van der Waals surface area contributed by atoms with Crippen LogP contribution in [0, 0.1) is 0 Å². The van der Waals surface area contributed by atoms with Crippen molar-refractivity contribution >= 4 is 17.4 Å². The number of hydrogen-bond donors (Lipinski definition) is 1. The maximum absolute atomic E-state index is 13.2. The smallest absolute Gasteiger partial charge is 0.295 e. The van der Waals surface area contributed by atoms with Crippen molar-refractivity contribution in [3.63, 3.8) is 0 Å². The number of carbonyl (C=O) groups excluding carboxylic acids is 2. The molecule has 35 heavy (non-hydrogen) atoms. The SMILES string of the molecule is CCCCCOc1ccc(/C(O)=C2/C(=O)C(=O)N(CCCN(C)C)C2c2cccc(OC)c2)cc1. The molecule has 3 rings (SSSR count). The fourth-order valence-electron chi connectivity index (χ4n) is 4.23. The highest BCUT2D eigenvalue weighted by Gasteiger charge is 2.45. The quantitative estimate of drug-likeness (QED) is 0.206. The van der Waals surface area contributed by atoms with E-state index in [1.54, 1.807) is 48.4 Å². The first kappa shape index (κ1) is 26.3. The first-order valence-electron chi connectivity index (χ1n) is 12.2. The largest absolute Gasteiger partial charge is 0.507 e. The second kappa shape index (κ2) is 12.4. The topological polar surface area (TPSA) is 79.3 Å². The van der Waals surface area contributed by atoms with Crippen molar-refractivity contribution < 1.29 is 24.2 Å². The lowest BCUT2D eigenvalue weighted by Crippen LogP contribution is -2.32. The Kier molecular flexibility index (Phi) is 9.32. The van der Waals surface area contributed by atoms with E-state index in [0.29, 0.717) is 42.2 Å². The van der Waals surface area contributed by atoms with E-state index in [0.717, 1.165) is 25.8 Å². The number of likely N-dealkylation sites (tertiary alicyclic amines) is 1. The van der Waals surface area contributed by atoms with Gasteiger partial charge in [-0.15, -0.1) is 0 Å². The summed E-state index contributed by atoms with van der Waals surface area (Å²) in [5, 5.41) is 11.2. The van der Waals surface area contributed by atoms with Crippen molar-refractivity contribution in [1.82, 2.24) is 9.80 Å². The van der Waals surface area contributed by atoms with Gasteiger partial charge in [-0.25, -0.2) is 0 Å². The Morgan fingerprint density at radius 1 is 1.03 bits per heavy atom. The monoisotopic (exact) mass is 480 g/mol. The van der Waals surface area contributed by atoms with Crippen molar-refractivity contribution in [3.05, 3.63) is 65.2 Å². The number of aliphatic hydroxyl groups is 1. The van der Waals surface area contributed by atoms with E-state index in [2.05, 4.69) is 6.92 Å². The Morgan fingerprint density at radius 2 is 1.77 bits per heavy atom. The minimum Gasteiger partial charge on any atom is -0.507 e. The third kappa shape index (κ3) is 6.42. The lowest BCUT2D eigenvalue weighted by atomic mass is 9.95. The lowest BCUT2D eigenvalue weighted by Gasteiger charge is -2.26. The van der Waals surface area contributed by atoms with Crippen molar-refractivity contribution in [3.8, 4) is 11.5 Å². The predicted molar refractivity (Wildman–Crippen MR) is 137 cm³/mol. The highest BCUT2D eigenvalue weighted by molar-refractivity contribution is 6.46. The van der Waals surface area contributed by atoms with Gasteiger partial charge in [-0.3, -0.25) is 9.59 Å². The van der Waals surface area contributed by atoms with Crippen molar-refractivity contribution in [2.75, 3.05) is 40.9 Å². The summed E-state index contributed by atoms with van der Waals surface area (Å²) in [5.41, 5.74) is 1.26. The first-order chi connectivity index (χ1) is 16.9. The van der Waals surface area contributed by atoms with Crippen LogP contribution in [0.4, 0.5) is 0 Å². The minimum absolute atomic E-state index is 0.0877. The van der Waals surface area contributed by atoms with E-state index >= 15 is 0 Å². The molecule has 0 spiro atoms. The van der Waals surface area contributed by atoms with E-state index < -0.39 is 17.7 Å². The summed E-state index contributed by atoms with van der Waals surface area (Å²) < 4.78 is 11.1. The highest BCUT2D eigenvalue weighted by atomic mass is 16.5. The van der Waals surface area contributed by atoms with Gasteiger partial charge >= 0.3 is 0 Å². The van der Waals surface area contributed by atoms with Gasteiger partial charge in [0.1, 0.15) is 17.3 Å². The second-order valence-electron chi connectivity index (χ2n) is 9.01. The molecule has 2 aromatic carbocycles. The van der Waals surface area contributed by atoms with Crippen LogP contribution < -0.4 is 9.47 Å². The number of rotatable bonds is 12. The molecule has 0 bridgehead atoms. The Hall–Kier alpha value is -3.32. The van der Waals surface area contributed by atoms with E-state index in [1.165, 1.54) is 0 Å². The van der Waals surface area contributed by atoms with E-state index in [4.69, 9.17) is 9.47 Å². The summed E-state index contributed by atoms with van der Waals surface area (Å²) in [5.74, 6) is -0.157. The third-order valence-electron chi connectivity index (χ3n) is 6.10. The fraction of sp³-hybridized carbons (Fsp3) is 0.429. The average Bonchev–Trinajstić information content (AvgIpc) is 3.11. The molecule has 0 aliphatic carbocycles. The lowest BCUT2D eigenvalue weighted by molar-refractivity contribution is -0.139. The molecular weight excluding hydrogens is 444 g/mol. The van der Waals surface area contributed by atoms with Crippen molar-refractivity contribution in [2.45, 2.75) is 38.6 Å². The van der Waals surface area contributed by atoms with Crippen LogP contribution >= 0.6 is 0 Å². The van der Waals surface area contributed by atoms with Crippen LogP contribution in [0.2, 0.25) is 0 Å². The summed E-state index contributed by atoms with van der Waals surface area (Å²) in [6.07, 6.45) is 3.91. The van der Waals surface area contributed by atoms with Crippen molar-refractivity contribution in [1.29, 1.82) is 0 Å². The molecule has 0 aromatic heterocycles. The van der Waals surface area contributed by atoms with Crippen LogP contribution in [0.5, 0.6) is 11.5 Å². The molecule has 1 N–H and O–H groups in total. The predicted octanol–water partition coefficient (Wildman–Crippen LogP) is 4.64. The molecule has 1 atom stereocenters. The Morgan fingerprint density at radius 3 is 2.43 bits per heavy atom. The van der Waals surface area contributed by atoms with Crippen LogP contribution in [0.1, 0.15) is 49.8 Å². The molecule has 188 valence electrons. The molecule has 7 heteroatoms. The van der Waals surface area contributed by atoms with E-state index in [1.807, 2.05) is 31.1 Å². The molecular formula is C28H36N2O5. The molecule has 1 aliphatic rings. The molecule has 0 saturated carbocycles. The summed E-state index contributed by atoms with van der Waals surface area (Å²) >= 11 is 0. The summed E-state index contributed by atoms with van der Waals surface area (Å²) in [4.78, 5) is 29.8. The van der Waals surface area contributed by atoms with Gasteiger partial charge in [-0.2, -0.15) is 0 Å². The van der Waals surface area contributed by atoms with Crippen molar-refractivity contribution in [2.24, 2.45) is 0 Å². The molecule has 2 aromatic rings. The van der Waals surface area contributed by atoms with Gasteiger partial charge < -0.3 is 24.4 Å². The number of amides is 1. The molecule has 1 amide bonds. The average molecular weight is 481 g/mol. The minimum atomic E-state index is -0.697. The van der Waals surface area contributed by atoms with Crippen LogP contribution in [-0.4, -0.2) is 67.5 Å². The number of aliphatic hydroxyl groups excluding tert-OH is 1.